The topological polar surface area (TPSA) is 62.4 Å². The molecule has 30 heavy (non-hydrogen) atoms. The summed E-state index contributed by atoms with van der Waals surface area (Å²) in [4.78, 5) is 29.6. The zero-order valence-electron chi connectivity index (χ0n) is 16.2. The molecule has 0 aliphatic carbocycles. The van der Waals surface area contributed by atoms with Crippen LogP contribution in [0.2, 0.25) is 5.02 Å². The van der Waals surface area contributed by atoms with Crippen LogP contribution in [0.15, 0.2) is 36.5 Å². The fraction of sp³-hybridized carbons (Fsp3) is 0.304. The Balaban J connectivity index is 1.30. The number of carbonyl (C=O) groups is 2. The predicted molar refractivity (Wildman–Crippen MR) is 112 cm³/mol. The van der Waals surface area contributed by atoms with Crippen molar-refractivity contribution in [1.29, 1.82) is 0 Å². The Hall–Kier alpha value is -2.86. The summed E-state index contributed by atoms with van der Waals surface area (Å²) in [5.74, 6) is 0.512. The number of ketones is 1. The molecule has 3 heterocycles. The third-order valence-electron chi connectivity index (χ3n) is 6.06. The van der Waals surface area contributed by atoms with Crippen LogP contribution in [0.3, 0.4) is 0 Å². The number of hydrogen-bond donors (Lipinski definition) is 1. The van der Waals surface area contributed by atoms with E-state index in [4.69, 9.17) is 16.3 Å². The van der Waals surface area contributed by atoms with Gasteiger partial charge in [0.1, 0.15) is 18.2 Å². The second kappa shape index (κ2) is 7.43. The summed E-state index contributed by atoms with van der Waals surface area (Å²) in [6.07, 6.45) is 3.87. The number of halogens is 2. The smallest absolute Gasteiger partial charge is 0.253 e. The van der Waals surface area contributed by atoms with Gasteiger partial charge < -0.3 is 14.6 Å². The first-order chi connectivity index (χ1) is 14.5. The zero-order valence-corrected chi connectivity index (χ0v) is 17.0. The normalized spacial score (nSPS) is 17.1. The Morgan fingerprint density at radius 2 is 2.00 bits per heavy atom. The Kier molecular flexibility index (Phi) is 4.74. The molecule has 1 N–H and O–H groups in total. The van der Waals surface area contributed by atoms with Gasteiger partial charge in [-0.1, -0.05) is 11.6 Å². The average molecular weight is 427 g/mol. The average Bonchev–Trinajstić information content (AvgIpc) is 3.15. The number of carbonyl (C=O) groups excluding carboxylic acids is 2. The number of hydrogen-bond acceptors (Lipinski definition) is 3. The fourth-order valence-electron chi connectivity index (χ4n) is 4.47. The van der Waals surface area contributed by atoms with Gasteiger partial charge in [-0.3, -0.25) is 9.59 Å². The molecule has 1 fully saturated rings. The summed E-state index contributed by atoms with van der Waals surface area (Å²) < 4.78 is 19.1. The number of H-pyrrole nitrogens is 1. The molecule has 2 aliphatic rings. The molecule has 3 aromatic rings. The summed E-state index contributed by atoms with van der Waals surface area (Å²) in [5, 5.41) is 1.05. The molecule has 5 nitrogen and oxygen atoms in total. The highest BCUT2D eigenvalue weighted by Crippen LogP contribution is 2.35. The minimum Gasteiger partial charge on any atom is -0.486 e. The van der Waals surface area contributed by atoms with Gasteiger partial charge >= 0.3 is 0 Å². The molecule has 7 heteroatoms. The number of benzene rings is 2. The van der Waals surface area contributed by atoms with E-state index in [1.807, 2.05) is 11.1 Å². The Morgan fingerprint density at radius 3 is 2.80 bits per heavy atom. The minimum atomic E-state index is -0.435. The SMILES string of the molecule is O=C1COc2ccc(C(=O)N3CCC(c4c[nH]c5cc(F)c(Cl)cc45)CC3)cc2C1. The lowest BCUT2D eigenvalue weighted by molar-refractivity contribution is -0.121. The molecular weight excluding hydrogens is 407 g/mol. The number of fused-ring (bicyclic) bond motifs is 2. The largest absolute Gasteiger partial charge is 0.486 e. The van der Waals surface area contributed by atoms with Gasteiger partial charge in [-0.25, -0.2) is 4.39 Å². The Morgan fingerprint density at radius 1 is 1.20 bits per heavy atom. The Labute approximate surface area is 177 Å². The number of nitrogens with zero attached hydrogens (tertiary/aromatic N) is 1. The predicted octanol–water partition coefficient (Wildman–Crippen LogP) is 4.48. The number of piperidine rings is 1. The van der Waals surface area contributed by atoms with Gasteiger partial charge in [0.15, 0.2) is 5.78 Å². The fourth-order valence-corrected chi connectivity index (χ4v) is 4.63. The molecule has 0 bridgehead atoms. The minimum absolute atomic E-state index is 0.0200. The first-order valence-electron chi connectivity index (χ1n) is 10.0. The van der Waals surface area contributed by atoms with Gasteiger partial charge in [0, 0.05) is 47.7 Å². The molecule has 0 unspecified atom stereocenters. The summed E-state index contributed by atoms with van der Waals surface area (Å²) >= 11 is 5.98. The van der Waals surface area contributed by atoms with E-state index in [0.29, 0.717) is 30.8 Å². The number of amides is 1. The number of aromatic nitrogens is 1. The van der Waals surface area contributed by atoms with Crippen LogP contribution >= 0.6 is 11.6 Å². The molecule has 1 saturated heterocycles. The molecule has 154 valence electrons. The summed E-state index contributed by atoms with van der Waals surface area (Å²) in [6.45, 7) is 1.37. The van der Waals surface area contributed by atoms with Crippen LogP contribution < -0.4 is 4.74 Å². The van der Waals surface area contributed by atoms with E-state index in [9.17, 15) is 14.0 Å². The lowest BCUT2D eigenvalue weighted by Gasteiger charge is -2.32. The van der Waals surface area contributed by atoms with Gasteiger partial charge in [0.05, 0.1) is 5.02 Å². The van der Waals surface area contributed by atoms with Crippen LogP contribution in [0.4, 0.5) is 4.39 Å². The number of nitrogens with one attached hydrogen (secondary N) is 1. The van der Waals surface area contributed by atoms with Crippen molar-refractivity contribution in [1.82, 2.24) is 9.88 Å². The summed E-state index contributed by atoms with van der Waals surface area (Å²) in [6, 6.07) is 8.41. The summed E-state index contributed by atoms with van der Waals surface area (Å²) in [5.41, 5.74) is 3.20. The van der Waals surface area contributed by atoms with Gasteiger partial charge in [-0.15, -0.1) is 0 Å². The number of Topliss-reactive ketones (excluding diaryl/α,β-unsaturated/α-hetero) is 1. The van der Waals surface area contributed by atoms with E-state index in [0.717, 1.165) is 34.9 Å². The number of likely N-dealkylation sites (tertiary alicyclic amines) is 1. The molecule has 0 radical (unpaired) electrons. The van der Waals surface area contributed by atoms with Crippen LogP contribution in [0, 0.1) is 5.82 Å². The van der Waals surface area contributed by atoms with E-state index < -0.39 is 5.82 Å². The van der Waals surface area contributed by atoms with Crippen LogP contribution in [-0.4, -0.2) is 41.3 Å². The van der Waals surface area contributed by atoms with Crippen molar-refractivity contribution in [3.63, 3.8) is 0 Å². The highest BCUT2D eigenvalue weighted by atomic mass is 35.5. The third kappa shape index (κ3) is 3.35. The highest BCUT2D eigenvalue weighted by Gasteiger charge is 2.27. The standard InChI is InChI=1S/C23H20ClFN2O3/c24-19-9-17-18(11-26-21(17)10-20(19)25)13-3-5-27(6-4-13)23(29)14-1-2-22-15(7-14)8-16(28)12-30-22/h1-2,7,9-11,13,26H,3-6,8,12H2. The van der Waals surface area contributed by atoms with Crippen molar-refractivity contribution in [3.05, 3.63) is 64.1 Å². The zero-order chi connectivity index (χ0) is 20.8. The quantitative estimate of drug-likeness (QED) is 0.657. The lowest BCUT2D eigenvalue weighted by atomic mass is 9.89. The van der Waals surface area contributed by atoms with Crippen molar-refractivity contribution >= 4 is 34.2 Å². The van der Waals surface area contributed by atoms with Gasteiger partial charge in [-0.2, -0.15) is 0 Å². The molecule has 5 rings (SSSR count). The number of rotatable bonds is 2. The third-order valence-corrected chi connectivity index (χ3v) is 6.35. The molecular formula is C23H20ClFN2O3. The van der Waals surface area contributed by atoms with Crippen molar-refractivity contribution in [2.45, 2.75) is 25.2 Å². The second-order valence-electron chi connectivity index (χ2n) is 7.95. The van der Waals surface area contributed by atoms with Crippen molar-refractivity contribution in [2.24, 2.45) is 0 Å². The van der Waals surface area contributed by atoms with Crippen LogP contribution in [0.1, 0.15) is 40.2 Å². The number of ether oxygens (including phenoxy) is 1. The van der Waals surface area contributed by atoms with Crippen LogP contribution in [-0.2, 0) is 11.2 Å². The van der Waals surface area contributed by atoms with E-state index in [1.54, 1.807) is 24.3 Å². The maximum Gasteiger partial charge on any atom is 0.253 e. The van der Waals surface area contributed by atoms with Gasteiger partial charge in [0.25, 0.3) is 5.91 Å². The molecule has 0 atom stereocenters. The molecule has 2 aliphatic heterocycles. The first-order valence-corrected chi connectivity index (χ1v) is 10.4. The van der Waals surface area contributed by atoms with Crippen molar-refractivity contribution < 1.29 is 18.7 Å². The van der Waals surface area contributed by atoms with Crippen molar-refractivity contribution in [2.75, 3.05) is 19.7 Å². The van der Waals surface area contributed by atoms with Gasteiger partial charge in [0.2, 0.25) is 0 Å². The van der Waals surface area contributed by atoms with E-state index in [2.05, 4.69) is 4.98 Å². The second-order valence-corrected chi connectivity index (χ2v) is 8.36. The first kappa shape index (κ1) is 19.1. The van der Waals surface area contributed by atoms with Crippen molar-refractivity contribution in [3.8, 4) is 5.75 Å². The highest BCUT2D eigenvalue weighted by molar-refractivity contribution is 6.31. The lowest BCUT2D eigenvalue weighted by Crippen LogP contribution is -2.38. The van der Waals surface area contributed by atoms with Gasteiger partial charge in [-0.05, 0) is 54.7 Å². The Bertz CT molecular complexity index is 1160. The summed E-state index contributed by atoms with van der Waals surface area (Å²) in [7, 11) is 0. The molecule has 2 aromatic carbocycles. The monoisotopic (exact) mass is 426 g/mol. The van der Waals surface area contributed by atoms with Crippen LogP contribution in [0.25, 0.3) is 10.9 Å². The van der Waals surface area contributed by atoms with Crippen LogP contribution in [0.5, 0.6) is 5.75 Å². The maximum absolute atomic E-state index is 13.7. The van der Waals surface area contributed by atoms with E-state index >= 15 is 0 Å². The maximum atomic E-state index is 13.7. The number of aromatic amines is 1. The molecule has 1 aromatic heterocycles. The molecule has 0 spiro atoms. The molecule has 1 amide bonds. The van der Waals surface area contributed by atoms with E-state index in [1.165, 1.54) is 6.07 Å². The molecule has 0 saturated carbocycles. The van der Waals surface area contributed by atoms with E-state index in [-0.39, 0.29) is 29.2 Å².